The summed E-state index contributed by atoms with van der Waals surface area (Å²) in [6.07, 6.45) is 8.32. The molecule has 4 N–H and O–H groups in total. The first-order valence-electron chi connectivity index (χ1n) is 2.97. The van der Waals surface area contributed by atoms with Crippen LogP contribution >= 0.6 is 0 Å². The van der Waals surface area contributed by atoms with E-state index in [9.17, 15) is 0 Å². The second-order valence-electron chi connectivity index (χ2n) is 1.86. The van der Waals surface area contributed by atoms with Gasteiger partial charge in [-0.15, -0.1) is 0 Å². The number of nitrogens with two attached hydrogens (primary N) is 2. The first kappa shape index (κ1) is 6.82. The summed E-state index contributed by atoms with van der Waals surface area (Å²) in [5.41, 5.74) is 10.7. The average Bonchev–Trinajstić information content (AvgIpc) is 1.94. The van der Waals surface area contributed by atoms with Gasteiger partial charge in [0, 0.05) is 6.20 Å². The third kappa shape index (κ3) is 1.35. The number of hydrazone groups is 1. The first-order chi connectivity index (χ1) is 4.84. The fraction of sp³-hybridized carbons (Fsp3) is 0.167. The van der Waals surface area contributed by atoms with Crippen molar-refractivity contribution in [3.63, 3.8) is 0 Å². The quantitative estimate of drug-likeness (QED) is 0.381. The van der Waals surface area contributed by atoms with Crippen LogP contribution < -0.4 is 11.5 Å². The molecule has 1 unspecified atom stereocenters. The fourth-order valence-electron chi connectivity index (χ4n) is 0.696. The Morgan fingerprint density at radius 2 is 2.30 bits per heavy atom. The molecule has 0 saturated heterocycles. The minimum Gasteiger partial charge on any atom is -0.388 e. The monoisotopic (exact) mass is 138 g/mol. The largest absolute Gasteiger partial charge is 0.388 e. The van der Waals surface area contributed by atoms with Crippen molar-refractivity contribution in [3.8, 4) is 0 Å². The van der Waals surface area contributed by atoms with E-state index in [1.54, 1.807) is 11.2 Å². The SMILES string of the molecule is NC=NN1C=CC=CC1N. The number of hydrogen-bond acceptors (Lipinski definition) is 3. The molecule has 0 aliphatic carbocycles. The predicted octanol–water partition coefficient (Wildman–Crippen LogP) is -0.441. The summed E-state index contributed by atoms with van der Waals surface area (Å²) < 4.78 is 0. The third-order valence-electron chi connectivity index (χ3n) is 1.16. The van der Waals surface area contributed by atoms with Gasteiger partial charge >= 0.3 is 0 Å². The molecular formula is C6H10N4. The molecule has 0 radical (unpaired) electrons. The Morgan fingerprint density at radius 3 is 2.90 bits per heavy atom. The molecule has 1 aliphatic rings. The van der Waals surface area contributed by atoms with Gasteiger partial charge in [0.25, 0.3) is 0 Å². The van der Waals surface area contributed by atoms with Gasteiger partial charge in [0.2, 0.25) is 0 Å². The predicted molar refractivity (Wildman–Crippen MR) is 40.8 cm³/mol. The van der Waals surface area contributed by atoms with E-state index < -0.39 is 0 Å². The van der Waals surface area contributed by atoms with Crippen LogP contribution in [0.25, 0.3) is 0 Å². The maximum absolute atomic E-state index is 5.58. The van der Waals surface area contributed by atoms with Gasteiger partial charge in [-0.05, 0) is 12.2 Å². The molecule has 1 rings (SSSR count). The van der Waals surface area contributed by atoms with E-state index in [0.717, 1.165) is 0 Å². The lowest BCUT2D eigenvalue weighted by Gasteiger charge is -2.20. The summed E-state index contributed by atoms with van der Waals surface area (Å²) in [5.74, 6) is 0. The zero-order valence-electron chi connectivity index (χ0n) is 5.51. The number of hydrogen-bond donors (Lipinski definition) is 2. The standard InChI is InChI=1S/C6H10N4/c7-5-9-10-4-2-1-3-6(10)8/h1-6H,8H2,(H2,7,9). The highest BCUT2D eigenvalue weighted by molar-refractivity contribution is 5.50. The van der Waals surface area contributed by atoms with Crippen LogP contribution in [-0.2, 0) is 0 Å². The summed E-state index contributed by atoms with van der Waals surface area (Å²) in [4.78, 5) is 0. The Bertz CT molecular complexity index is 182. The Hall–Kier alpha value is -1.29. The van der Waals surface area contributed by atoms with Crippen molar-refractivity contribution >= 4 is 6.34 Å². The second-order valence-corrected chi connectivity index (χ2v) is 1.86. The highest BCUT2D eigenvalue weighted by Gasteiger charge is 2.05. The van der Waals surface area contributed by atoms with Crippen LogP contribution in [0.2, 0.25) is 0 Å². The van der Waals surface area contributed by atoms with Gasteiger partial charge < -0.3 is 11.5 Å². The number of rotatable bonds is 1. The van der Waals surface area contributed by atoms with Gasteiger partial charge in [-0.2, -0.15) is 5.10 Å². The maximum atomic E-state index is 5.58. The molecular weight excluding hydrogens is 128 g/mol. The van der Waals surface area contributed by atoms with Crippen molar-refractivity contribution in [3.05, 3.63) is 24.4 Å². The summed E-state index contributed by atoms with van der Waals surface area (Å²) in [5, 5.41) is 5.36. The minimum atomic E-state index is -0.190. The highest BCUT2D eigenvalue weighted by Crippen LogP contribution is 2.02. The van der Waals surface area contributed by atoms with Gasteiger partial charge in [-0.3, -0.25) is 5.01 Å². The molecule has 0 aromatic carbocycles. The van der Waals surface area contributed by atoms with Crippen LogP contribution in [-0.4, -0.2) is 17.5 Å². The van der Waals surface area contributed by atoms with Crippen molar-refractivity contribution in [2.45, 2.75) is 6.17 Å². The van der Waals surface area contributed by atoms with Crippen LogP contribution in [0, 0.1) is 0 Å². The molecule has 0 aromatic rings. The molecule has 4 heteroatoms. The molecule has 0 amide bonds. The van der Waals surface area contributed by atoms with E-state index in [1.807, 2.05) is 18.2 Å². The molecule has 54 valence electrons. The smallest absolute Gasteiger partial charge is 0.118 e. The summed E-state index contributed by atoms with van der Waals surface area (Å²) in [6.45, 7) is 0. The van der Waals surface area contributed by atoms with E-state index in [4.69, 9.17) is 11.5 Å². The molecule has 0 bridgehead atoms. The second kappa shape index (κ2) is 3.03. The molecule has 10 heavy (non-hydrogen) atoms. The lowest BCUT2D eigenvalue weighted by Crippen LogP contribution is -2.34. The van der Waals surface area contributed by atoms with Crippen molar-refractivity contribution in [1.29, 1.82) is 0 Å². The Kier molecular flexibility index (Phi) is 2.07. The maximum Gasteiger partial charge on any atom is 0.118 e. The van der Waals surface area contributed by atoms with Crippen LogP contribution in [0.4, 0.5) is 0 Å². The van der Waals surface area contributed by atoms with Crippen LogP contribution in [0.1, 0.15) is 0 Å². The van der Waals surface area contributed by atoms with Crippen molar-refractivity contribution in [2.24, 2.45) is 16.6 Å². The van der Waals surface area contributed by atoms with E-state index >= 15 is 0 Å². The first-order valence-corrected chi connectivity index (χ1v) is 2.97. The van der Waals surface area contributed by atoms with Crippen LogP contribution in [0.3, 0.4) is 0 Å². The third-order valence-corrected chi connectivity index (χ3v) is 1.16. The highest BCUT2D eigenvalue weighted by atomic mass is 15.5. The molecule has 1 heterocycles. The van der Waals surface area contributed by atoms with Crippen LogP contribution in [0.5, 0.6) is 0 Å². The van der Waals surface area contributed by atoms with E-state index in [-0.39, 0.29) is 6.17 Å². The van der Waals surface area contributed by atoms with Crippen molar-refractivity contribution < 1.29 is 0 Å². The number of nitrogens with zero attached hydrogens (tertiary/aromatic N) is 2. The van der Waals surface area contributed by atoms with E-state index in [0.29, 0.717) is 0 Å². The molecule has 0 aromatic heterocycles. The van der Waals surface area contributed by atoms with Crippen LogP contribution in [0.15, 0.2) is 29.5 Å². The number of allylic oxidation sites excluding steroid dienone is 2. The fourth-order valence-corrected chi connectivity index (χ4v) is 0.696. The molecule has 4 nitrogen and oxygen atoms in total. The Balaban J connectivity index is 2.61. The zero-order chi connectivity index (χ0) is 7.40. The molecule has 0 fully saturated rings. The molecule has 1 aliphatic heterocycles. The van der Waals surface area contributed by atoms with Gasteiger partial charge in [-0.1, -0.05) is 6.08 Å². The van der Waals surface area contributed by atoms with Gasteiger partial charge in [0.15, 0.2) is 0 Å². The molecule has 1 atom stereocenters. The average molecular weight is 138 g/mol. The van der Waals surface area contributed by atoms with Crippen molar-refractivity contribution in [1.82, 2.24) is 5.01 Å². The summed E-state index contributed by atoms with van der Waals surface area (Å²) >= 11 is 0. The zero-order valence-corrected chi connectivity index (χ0v) is 5.51. The molecule has 0 spiro atoms. The summed E-state index contributed by atoms with van der Waals surface area (Å²) in [6, 6.07) is 0. The topological polar surface area (TPSA) is 67.6 Å². The van der Waals surface area contributed by atoms with E-state index in [2.05, 4.69) is 5.10 Å². The normalized spacial score (nSPS) is 24.5. The molecule has 0 saturated carbocycles. The van der Waals surface area contributed by atoms with Gasteiger partial charge in [0.1, 0.15) is 12.5 Å². The Morgan fingerprint density at radius 1 is 1.50 bits per heavy atom. The summed E-state index contributed by atoms with van der Waals surface area (Å²) in [7, 11) is 0. The van der Waals surface area contributed by atoms with E-state index in [1.165, 1.54) is 6.34 Å². The van der Waals surface area contributed by atoms with Gasteiger partial charge in [0.05, 0.1) is 0 Å². The lowest BCUT2D eigenvalue weighted by molar-refractivity contribution is 0.340. The Labute approximate surface area is 59.5 Å². The minimum absolute atomic E-state index is 0.190. The van der Waals surface area contributed by atoms with Crippen molar-refractivity contribution in [2.75, 3.05) is 0 Å². The van der Waals surface area contributed by atoms with Gasteiger partial charge in [-0.25, -0.2) is 0 Å². The lowest BCUT2D eigenvalue weighted by atomic mass is 10.3.